The normalized spacial score (nSPS) is 19.1. The predicted molar refractivity (Wildman–Crippen MR) is 73.1 cm³/mol. The summed E-state index contributed by atoms with van der Waals surface area (Å²) in [5.74, 6) is 0.0674. The Morgan fingerprint density at radius 2 is 2.11 bits per heavy atom. The van der Waals surface area contributed by atoms with Crippen LogP contribution in [0.1, 0.15) is 25.7 Å². The van der Waals surface area contributed by atoms with E-state index < -0.39 is 10.0 Å². The van der Waals surface area contributed by atoms with Gasteiger partial charge in [0.15, 0.2) is 0 Å². The summed E-state index contributed by atoms with van der Waals surface area (Å²) in [6.07, 6.45) is 5.50. The summed E-state index contributed by atoms with van der Waals surface area (Å²) in [6, 6.07) is 0. The number of nitrogens with one attached hydrogen (secondary N) is 2. The third-order valence-corrected chi connectivity index (χ3v) is 5.42. The Balaban J connectivity index is 2.12. The van der Waals surface area contributed by atoms with Crippen LogP contribution in [0.4, 0.5) is 5.82 Å². The summed E-state index contributed by atoms with van der Waals surface area (Å²) >= 11 is 0. The number of aromatic amines is 1. The highest BCUT2D eigenvalue weighted by Gasteiger charge is 2.37. The van der Waals surface area contributed by atoms with Gasteiger partial charge in [0, 0.05) is 12.1 Å². The number of nitrogens with two attached hydrogens (primary N) is 1. The number of aromatic nitrogens is 2. The zero-order valence-electron chi connectivity index (χ0n) is 11.3. The maximum Gasteiger partial charge on any atom is 0.245 e. The van der Waals surface area contributed by atoms with Crippen LogP contribution in [0.5, 0.6) is 0 Å². The Hall–Kier alpha value is -1.12. The molecule has 0 bridgehead atoms. The minimum absolute atomic E-state index is 0.0133. The number of hydrogen-bond acceptors (Lipinski definition) is 5. The number of nitrogen functional groups attached to an aromatic ring is 1. The van der Waals surface area contributed by atoms with Crippen LogP contribution in [0, 0.1) is 0 Å². The lowest BCUT2D eigenvalue weighted by Gasteiger charge is -2.36. The van der Waals surface area contributed by atoms with Gasteiger partial charge in [0.2, 0.25) is 10.0 Å². The quantitative estimate of drug-likeness (QED) is 0.715. The van der Waals surface area contributed by atoms with Crippen molar-refractivity contribution in [2.24, 2.45) is 0 Å². The molecule has 19 heavy (non-hydrogen) atoms. The van der Waals surface area contributed by atoms with Crippen LogP contribution >= 0.6 is 0 Å². The van der Waals surface area contributed by atoms with Gasteiger partial charge in [0.25, 0.3) is 0 Å². The lowest BCUT2D eigenvalue weighted by molar-refractivity contribution is 0.162. The second-order valence-corrected chi connectivity index (χ2v) is 7.03. The first-order chi connectivity index (χ1) is 8.87. The molecule has 1 saturated carbocycles. The number of sulfonamides is 1. The van der Waals surface area contributed by atoms with E-state index in [0.717, 1.165) is 25.7 Å². The molecule has 8 heteroatoms. The van der Waals surface area contributed by atoms with Crippen molar-refractivity contribution in [3.05, 3.63) is 6.20 Å². The Labute approximate surface area is 113 Å². The van der Waals surface area contributed by atoms with E-state index in [4.69, 9.17) is 5.73 Å². The average molecular weight is 287 g/mol. The van der Waals surface area contributed by atoms with E-state index in [0.29, 0.717) is 6.54 Å². The Kier molecular flexibility index (Phi) is 3.84. The van der Waals surface area contributed by atoms with Crippen molar-refractivity contribution in [3.8, 4) is 0 Å². The van der Waals surface area contributed by atoms with Crippen LogP contribution in [0.25, 0.3) is 0 Å². The number of likely N-dealkylation sites (N-methyl/N-ethyl adjacent to an activating group) is 1. The third kappa shape index (κ3) is 2.75. The van der Waals surface area contributed by atoms with Gasteiger partial charge in [-0.1, -0.05) is 12.8 Å². The molecule has 1 aliphatic rings. The first kappa shape index (κ1) is 14.3. The first-order valence-corrected chi connectivity index (χ1v) is 7.82. The molecule has 0 saturated heterocycles. The van der Waals surface area contributed by atoms with Gasteiger partial charge in [0.1, 0.15) is 10.7 Å². The molecule has 1 aromatic rings. The number of H-pyrrole nitrogens is 1. The van der Waals surface area contributed by atoms with Crippen molar-refractivity contribution in [2.45, 2.75) is 36.1 Å². The van der Waals surface area contributed by atoms with Gasteiger partial charge < -0.3 is 10.6 Å². The zero-order chi connectivity index (χ0) is 14.1. The standard InChI is InChI=1S/C11H21N5O2S/c1-16(2)11(5-3-4-6-11)8-14-19(17,18)9-7-13-15-10(9)12/h7,14H,3-6,8H2,1-2H3,(H3,12,13,15). The molecular formula is C11H21N5O2S. The molecule has 1 heterocycles. The molecular weight excluding hydrogens is 266 g/mol. The molecule has 0 spiro atoms. The van der Waals surface area contributed by atoms with Crippen molar-refractivity contribution in [1.29, 1.82) is 0 Å². The lowest BCUT2D eigenvalue weighted by atomic mass is 9.97. The van der Waals surface area contributed by atoms with Gasteiger partial charge >= 0.3 is 0 Å². The number of rotatable bonds is 5. The summed E-state index contributed by atoms with van der Waals surface area (Å²) in [5, 5.41) is 6.07. The fraction of sp³-hybridized carbons (Fsp3) is 0.727. The van der Waals surface area contributed by atoms with Crippen LogP contribution in [0.15, 0.2) is 11.1 Å². The van der Waals surface area contributed by atoms with Crippen LogP contribution in [0.2, 0.25) is 0 Å². The molecule has 0 atom stereocenters. The topological polar surface area (TPSA) is 104 Å². The van der Waals surface area contributed by atoms with Gasteiger partial charge in [0.05, 0.1) is 6.20 Å². The highest BCUT2D eigenvalue weighted by Crippen LogP contribution is 2.33. The van der Waals surface area contributed by atoms with Crippen molar-refractivity contribution in [3.63, 3.8) is 0 Å². The van der Waals surface area contributed by atoms with Crippen LogP contribution in [-0.2, 0) is 10.0 Å². The van der Waals surface area contributed by atoms with Crippen LogP contribution in [-0.4, -0.2) is 49.7 Å². The van der Waals surface area contributed by atoms with E-state index >= 15 is 0 Å². The minimum Gasteiger partial charge on any atom is -0.383 e. The van der Waals surface area contributed by atoms with E-state index in [-0.39, 0.29) is 16.3 Å². The van der Waals surface area contributed by atoms with Crippen LogP contribution < -0.4 is 10.5 Å². The minimum atomic E-state index is -3.60. The SMILES string of the molecule is CN(C)C1(CNS(=O)(=O)c2cn[nH]c2N)CCCC1. The molecule has 0 radical (unpaired) electrons. The van der Waals surface area contributed by atoms with E-state index in [1.807, 2.05) is 14.1 Å². The molecule has 0 aliphatic heterocycles. The fourth-order valence-corrected chi connectivity index (χ4v) is 3.76. The van der Waals surface area contributed by atoms with E-state index in [1.165, 1.54) is 6.20 Å². The number of anilines is 1. The summed E-state index contributed by atoms with van der Waals surface area (Å²) in [7, 11) is 0.382. The van der Waals surface area contributed by atoms with Crippen molar-refractivity contribution in [2.75, 3.05) is 26.4 Å². The maximum absolute atomic E-state index is 12.2. The molecule has 108 valence electrons. The maximum atomic E-state index is 12.2. The second kappa shape index (κ2) is 5.10. The van der Waals surface area contributed by atoms with Gasteiger partial charge in [-0.2, -0.15) is 5.10 Å². The third-order valence-electron chi connectivity index (χ3n) is 4.00. The van der Waals surface area contributed by atoms with E-state index in [1.54, 1.807) is 0 Å². The molecule has 4 N–H and O–H groups in total. The monoisotopic (exact) mass is 287 g/mol. The van der Waals surface area contributed by atoms with Gasteiger partial charge in [-0.3, -0.25) is 5.10 Å². The van der Waals surface area contributed by atoms with E-state index in [2.05, 4.69) is 19.8 Å². The summed E-state index contributed by atoms with van der Waals surface area (Å²) < 4.78 is 27.0. The Morgan fingerprint density at radius 1 is 1.47 bits per heavy atom. The Morgan fingerprint density at radius 3 is 2.58 bits per heavy atom. The molecule has 0 aromatic carbocycles. The summed E-state index contributed by atoms with van der Waals surface area (Å²) in [5.41, 5.74) is 5.46. The summed E-state index contributed by atoms with van der Waals surface area (Å²) in [6.45, 7) is 0.396. The van der Waals surface area contributed by atoms with Crippen molar-refractivity contribution < 1.29 is 8.42 Å². The molecule has 0 unspecified atom stereocenters. The predicted octanol–water partition coefficient (Wildman–Crippen LogP) is 0.145. The molecule has 7 nitrogen and oxygen atoms in total. The first-order valence-electron chi connectivity index (χ1n) is 6.33. The number of nitrogens with zero attached hydrogens (tertiary/aromatic N) is 2. The lowest BCUT2D eigenvalue weighted by Crippen LogP contribution is -2.50. The summed E-state index contributed by atoms with van der Waals surface area (Å²) in [4.78, 5) is 2.13. The van der Waals surface area contributed by atoms with Gasteiger partial charge in [-0.05, 0) is 26.9 Å². The van der Waals surface area contributed by atoms with E-state index in [9.17, 15) is 8.42 Å². The zero-order valence-corrected chi connectivity index (χ0v) is 12.1. The van der Waals surface area contributed by atoms with Crippen molar-refractivity contribution >= 4 is 15.8 Å². The Bertz CT molecular complexity index is 531. The van der Waals surface area contributed by atoms with Crippen LogP contribution in [0.3, 0.4) is 0 Å². The molecule has 1 aliphatic carbocycles. The molecule has 1 aromatic heterocycles. The smallest absolute Gasteiger partial charge is 0.245 e. The highest BCUT2D eigenvalue weighted by atomic mass is 32.2. The number of hydrogen-bond donors (Lipinski definition) is 3. The van der Waals surface area contributed by atoms with Gasteiger partial charge in [-0.25, -0.2) is 13.1 Å². The molecule has 0 amide bonds. The molecule has 1 fully saturated rings. The largest absolute Gasteiger partial charge is 0.383 e. The average Bonchev–Trinajstić information content (AvgIpc) is 2.96. The molecule has 2 rings (SSSR count). The fourth-order valence-electron chi connectivity index (χ4n) is 2.62. The van der Waals surface area contributed by atoms with Crippen molar-refractivity contribution in [1.82, 2.24) is 19.8 Å². The van der Waals surface area contributed by atoms with Gasteiger partial charge in [-0.15, -0.1) is 0 Å². The second-order valence-electron chi connectivity index (χ2n) is 5.30. The highest BCUT2D eigenvalue weighted by molar-refractivity contribution is 7.89.